The van der Waals surface area contributed by atoms with E-state index in [9.17, 15) is 33.9 Å². The van der Waals surface area contributed by atoms with Crippen molar-refractivity contribution in [2.24, 2.45) is 57.0 Å². The van der Waals surface area contributed by atoms with Crippen LogP contribution >= 0.6 is 0 Å². The highest BCUT2D eigenvalue weighted by molar-refractivity contribution is 6.01. The number of ether oxygens (including phenoxy) is 2. The van der Waals surface area contributed by atoms with E-state index in [4.69, 9.17) is 15.2 Å². The molecule has 330 valence electrons. The van der Waals surface area contributed by atoms with Crippen LogP contribution in [-0.4, -0.2) is 91.0 Å². The molecule has 7 aliphatic carbocycles. The van der Waals surface area contributed by atoms with Crippen LogP contribution in [0, 0.1) is 51.2 Å². The quantitative estimate of drug-likeness (QED) is 0.186. The number of fused-ring (bicyclic) bond motifs is 7. The summed E-state index contributed by atoms with van der Waals surface area (Å²) >= 11 is 0. The van der Waals surface area contributed by atoms with Crippen LogP contribution in [0.4, 0.5) is 5.69 Å². The molecule has 6 saturated carbocycles. The largest absolute Gasteiger partial charge is 0.465 e. The number of carbonyl (C=O) groups excluding carboxylic acids is 6. The van der Waals surface area contributed by atoms with Crippen molar-refractivity contribution in [3.05, 3.63) is 53.6 Å². The minimum atomic E-state index is -0.877. The maximum atomic E-state index is 14.6. The molecule has 61 heavy (non-hydrogen) atoms. The fraction of sp³-hybridized carbons (Fsp3) is 0.667. The molecule has 1 heterocycles. The number of carbonyl (C=O) groups is 6. The molecule has 9 atom stereocenters. The number of benzene rings is 1. The van der Waals surface area contributed by atoms with Crippen molar-refractivity contribution in [2.75, 3.05) is 37.7 Å². The minimum absolute atomic E-state index is 0.00514. The number of rotatable bonds is 15. The van der Waals surface area contributed by atoms with Gasteiger partial charge in [-0.1, -0.05) is 51.5 Å². The molecule has 2 amide bonds. The lowest BCUT2D eigenvalue weighted by atomic mass is 9.38. The monoisotopic (exact) mass is 840 g/mol. The molecule has 0 spiro atoms. The second kappa shape index (κ2) is 15.8. The van der Waals surface area contributed by atoms with Crippen molar-refractivity contribution in [1.82, 2.24) is 10.6 Å². The molecule has 8 aliphatic rings. The van der Waals surface area contributed by atoms with E-state index in [1.54, 1.807) is 12.2 Å². The molecule has 1 saturated heterocycles. The zero-order valence-electron chi connectivity index (χ0n) is 36.4. The van der Waals surface area contributed by atoms with Crippen LogP contribution in [0.1, 0.15) is 98.0 Å². The normalized spacial score (nSPS) is 36.9. The van der Waals surface area contributed by atoms with E-state index in [0.29, 0.717) is 26.1 Å². The number of esters is 2. The molecule has 9 rings (SSSR count). The lowest BCUT2D eigenvalue weighted by molar-refractivity contribution is -0.166. The first-order valence-corrected chi connectivity index (χ1v) is 22.4. The Balaban J connectivity index is 0.922. The van der Waals surface area contributed by atoms with Crippen LogP contribution in [0.5, 0.6) is 0 Å². The second-order valence-corrected chi connectivity index (χ2v) is 20.8. The van der Waals surface area contributed by atoms with Gasteiger partial charge < -0.3 is 35.8 Å². The Morgan fingerprint density at radius 1 is 1.05 bits per heavy atom. The SMILES string of the molecule is CC(=O)OCC(=O)[C@@]12CN(c3ccc(CC45CC(NC(=O)[C@H](CCC(=O)OCC(C)C)NC(=O)CN)(C4)C5)cc3)C[C@@H]1C[C@H]1[C@@H]3CCC4=CC(=O)C=C[C@]4(C)[C@H]3[C@@H](O)C[C@@]12C. The van der Waals surface area contributed by atoms with Gasteiger partial charge in [-0.2, -0.15) is 0 Å². The van der Waals surface area contributed by atoms with Crippen LogP contribution in [-0.2, 0) is 44.7 Å². The predicted octanol–water partition coefficient (Wildman–Crippen LogP) is 4.13. The van der Waals surface area contributed by atoms with Crippen molar-refractivity contribution in [2.45, 2.75) is 117 Å². The molecule has 0 aromatic heterocycles. The van der Waals surface area contributed by atoms with E-state index in [1.807, 2.05) is 19.9 Å². The summed E-state index contributed by atoms with van der Waals surface area (Å²) in [4.78, 5) is 79.1. The highest BCUT2D eigenvalue weighted by atomic mass is 16.5. The Morgan fingerprint density at radius 2 is 1.77 bits per heavy atom. The Morgan fingerprint density at radius 3 is 2.44 bits per heavy atom. The Labute approximate surface area is 359 Å². The van der Waals surface area contributed by atoms with Crippen molar-refractivity contribution < 1.29 is 43.3 Å². The predicted molar refractivity (Wildman–Crippen MR) is 226 cm³/mol. The summed E-state index contributed by atoms with van der Waals surface area (Å²) in [5, 5.41) is 18.0. The van der Waals surface area contributed by atoms with Gasteiger partial charge in [0.15, 0.2) is 18.2 Å². The van der Waals surface area contributed by atoms with E-state index < -0.39 is 46.2 Å². The summed E-state index contributed by atoms with van der Waals surface area (Å²) in [5.74, 6) is -1.13. The van der Waals surface area contributed by atoms with Crippen LogP contribution in [0.25, 0.3) is 0 Å². The van der Waals surface area contributed by atoms with Gasteiger partial charge in [-0.25, -0.2) is 0 Å². The molecule has 0 radical (unpaired) electrons. The molecule has 5 N–H and O–H groups in total. The molecule has 7 fully saturated rings. The minimum Gasteiger partial charge on any atom is -0.465 e. The number of nitrogens with two attached hydrogens (primary N) is 1. The van der Waals surface area contributed by atoms with Gasteiger partial charge >= 0.3 is 11.9 Å². The van der Waals surface area contributed by atoms with Crippen LogP contribution in [0.3, 0.4) is 0 Å². The van der Waals surface area contributed by atoms with E-state index in [-0.39, 0.29) is 84.0 Å². The average molecular weight is 841 g/mol. The van der Waals surface area contributed by atoms with Crippen molar-refractivity contribution in [1.29, 1.82) is 0 Å². The smallest absolute Gasteiger partial charge is 0.305 e. The van der Waals surface area contributed by atoms with Gasteiger partial charge in [0.25, 0.3) is 0 Å². The molecule has 13 nitrogen and oxygen atoms in total. The van der Waals surface area contributed by atoms with Crippen molar-refractivity contribution >= 4 is 41.0 Å². The maximum Gasteiger partial charge on any atom is 0.305 e. The highest BCUT2D eigenvalue weighted by Gasteiger charge is 2.74. The number of Topliss-reactive ketones (excluding diaryl/α,β-unsaturated/α-hetero) is 1. The number of nitrogens with one attached hydrogen (secondary N) is 2. The molecule has 0 unspecified atom stereocenters. The Bertz CT molecular complexity index is 2020. The molecular weight excluding hydrogens is 777 g/mol. The molecule has 2 bridgehead atoms. The standard InChI is InChI=1S/C48H64N4O9/c1-28(2)22-61-41(58)13-12-37(50-40(57)20-49)43(59)51-47-24-46(25-47,26-47)18-30-6-9-33(10-7-30)52-21-32-17-36-35-11-8-31-16-34(54)14-15-44(31,4)42(35)38(55)19-45(36,5)48(32,27-52)39(56)23-60-29(3)53/h6-7,9-10,14-16,28,32,35-38,42,55H,8,11-13,17-27,49H2,1-5H3,(H,50,57)(H,51,59)/t32-,35-,36-,37-,38-,42+,44-,45-,46?,47?,48+/m0/s1. The summed E-state index contributed by atoms with van der Waals surface area (Å²) in [7, 11) is 0. The molecule has 1 aromatic carbocycles. The number of hydrogen-bond acceptors (Lipinski definition) is 11. The summed E-state index contributed by atoms with van der Waals surface area (Å²) in [6.07, 6.45) is 11.3. The Kier molecular flexibility index (Phi) is 11.2. The van der Waals surface area contributed by atoms with Gasteiger partial charge in [0.2, 0.25) is 11.8 Å². The number of aliphatic hydroxyl groups excluding tert-OH is 1. The average Bonchev–Trinajstić information content (AvgIpc) is 3.69. The van der Waals surface area contributed by atoms with Crippen LogP contribution < -0.4 is 21.3 Å². The molecule has 1 aromatic rings. The van der Waals surface area contributed by atoms with Gasteiger partial charge in [0.05, 0.1) is 24.7 Å². The summed E-state index contributed by atoms with van der Waals surface area (Å²) in [6.45, 7) is 10.6. The summed E-state index contributed by atoms with van der Waals surface area (Å²) < 4.78 is 10.7. The Hall–Kier alpha value is -4.36. The van der Waals surface area contributed by atoms with E-state index in [0.717, 1.165) is 56.2 Å². The van der Waals surface area contributed by atoms with Crippen LogP contribution in [0.2, 0.25) is 0 Å². The zero-order chi connectivity index (χ0) is 43.7. The number of nitrogens with zero attached hydrogens (tertiary/aromatic N) is 1. The summed E-state index contributed by atoms with van der Waals surface area (Å²) in [6, 6.07) is 7.72. The third-order valence-corrected chi connectivity index (χ3v) is 16.4. The number of amides is 2. The second-order valence-electron chi connectivity index (χ2n) is 20.8. The molecular formula is C48H64N4O9. The van der Waals surface area contributed by atoms with Gasteiger partial charge in [0, 0.05) is 49.0 Å². The molecule has 1 aliphatic heterocycles. The van der Waals surface area contributed by atoms with Crippen molar-refractivity contribution in [3.8, 4) is 0 Å². The first-order chi connectivity index (χ1) is 28.8. The highest BCUT2D eigenvalue weighted by Crippen LogP contribution is 2.73. The number of allylic oxidation sites excluding steroid dienone is 4. The maximum absolute atomic E-state index is 14.6. The van der Waals surface area contributed by atoms with Gasteiger partial charge in [-0.05, 0) is 122 Å². The first kappa shape index (κ1) is 43.3. The number of ketones is 2. The zero-order valence-corrected chi connectivity index (χ0v) is 36.4. The van der Waals surface area contributed by atoms with E-state index in [2.05, 4.69) is 53.6 Å². The topological polar surface area (TPSA) is 194 Å². The van der Waals surface area contributed by atoms with Gasteiger partial charge in [-0.3, -0.25) is 28.8 Å². The third kappa shape index (κ3) is 7.44. The fourth-order valence-electron chi connectivity index (χ4n) is 13.9. The van der Waals surface area contributed by atoms with Crippen LogP contribution in [0.15, 0.2) is 48.1 Å². The third-order valence-electron chi connectivity index (χ3n) is 16.4. The van der Waals surface area contributed by atoms with Gasteiger partial charge in [0.1, 0.15) is 6.04 Å². The lowest BCUT2D eigenvalue weighted by Gasteiger charge is -2.71. The van der Waals surface area contributed by atoms with Crippen molar-refractivity contribution in [3.63, 3.8) is 0 Å². The lowest BCUT2D eigenvalue weighted by Crippen LogP contribution is -2.76. The number of hydrogen-bond donors (Lipinski definition) is 4. The van der Waals surface area contributed by atoms with E-state index in [1.165, 1.54) is 12.5 Å². The first-order valence-electron chi connectivity index (χ1n) is 22.4. The summed E-state index contributed by atoms with van der Waals surface area (Å²) in [5.41, 5.74) is 6.90. The van der Waals surface area contributed by atoms with Gasteiger partial charge in [-0.15, -0.1) is 0 Å². The number of anilines is 1. The number of aliphatic hydroxyl groups is 1. The van der Waals surface area contributed by atoms with E-state index >= 15 is 0 Å². The molecule has 13 heteroatoms. The fourth-order valence-corrected chi connectivity index (χ4v) is 13.9.